The van der Waals surface area contributed by atoms with Crippen molar-refractivity contribution >= 4 is 21.7 Å². The van der Waals surface area contributed by atoms with E-state index < -0.39 is 0 Å². The van der Waals surface area contributed by atoms with Crippen LogP contribution in [0.15, 0.2) is 16.6 Å². The number of rotatable bonds is 3. The van der Waals surface area contributed by atoms with Gasteiger partial charge in [0, 0.05) is 12.3 Å². The highest BCUT2D eigenvalue weighted by Gasteiger charge is 2.34. The number of hydrogen-bond acceptors (Lipinski definition) is 3. The lowest BCUT2D eigenvalue weighted by atomic mass is 9.89. The first-order chi connectivity index (χ1) is 8.60. The van der Waals surface area contributed by atoms with Crippen LogP contribution in [0.1, 0.15) is 31.2 Å². The fraction of sp³-hybridized carbons (Fsp3) is 0.500. The molecule has 1 saturated carbocycles. The zero-order valence-electron chi connectivity index (χ0n) is 10.8. The molecular formula is C14H17BrO3. The number of halogens is 1. The van der Waals surface area contributed by atoms with Crippen molar-refractivity contribution in [3.8, 4) is 11.5 Å². The first-order valence-corrected chi connectivity index (χ1v) is 6.82. The van der Waals surface area contributed by atoms with Crippen LogP contribution in [0, 0.1) is 5.92 Å². The van der Waals surface area contributed by atoms with E-state index in [0.717, 1.165) is 28.0 Å². The largest absolute Gasteiger partial charge is 0.495 e. The van der Waals surface area contributed by atoms with Crippen molar-refractivity contribution in [3.63, 3.8) is 0 Å². The molecule has 0 N–H and O–H groups in total. The van der Waals surface area contributed by atoms with E-state index in [1.54, 1.807) is 14.2 Å². The normalized spacial score (nSPS) is 23.2. The summed E-state index contributed by atoms with van der Waals surface area (Å²) in [6, 6.07) is 3.92. The molecule has 4 heteroatoms. The van der Waals surface area contributed by atoms with E-state index in [1.807, 2.05) is 19.1 Å². The molecule has 0 bridgehead atoms. The van der Waals surface area contributed by atoms with Gasteiger partial charge in [0.15, 0.2) is 0 Å². The van der Waals surface area contributed by atoms with E-state index in [9.17, 15) is 4.79 Å². The summed E-state index contributed by atoms with van der Waals surface area (Å²) in [6.45, 7) is 2.00. The second kappa shape index (κ2) is 5.31. The monoisotopic (exact) mass is 312 g/mol. The number of carbonyl (C=O) groups excluding carboxylic acids is 1. The van der Waals surface area contributed by atoms with Gasteiger partial charge in [-0.05, 0) is 39.9 Å². The smallest absolute Gasteiger partial charge is 0.140 e. The lowest BCUT2D eigenvalue weighted by molar-refractivity contribution is -0.120. The van der Waals surface area contributed by atoms with Crippen molar-refractivity contribution in [1.82, 2.24) is 0 Å². The van der Waals surface area contributed by atoms with Crippen LogP contribution in [0.3, 0.4) is 0 Å². The third-order valence-electron chi connectivity index (χ3n) is 3.73. The Kier molecular flexibility index (Phi) is 3.95. The minimum atomic E-state index is 0.0687. The predicted molar refractivity (Wildman–Crippen MR) is 73.4 cm³/mol. The summed E-state index contributed by atoms with van der Waals surface area (Å²) < 4.78 is 11.6. The average Bonchev–Trinajstić information content (AvgIpc) is 2.69. The van der Waals surface area contributed by atoms with Crippen LogP contribution in [-0.4, -0.2) is 20.0 Å². The molecule has 1 aliphatic carbocycles. The third kappa shape index (κ3) is 2.14. The summed E-state index contributed by atoms with van der Waals surface area (Å²) in [7, 11) is 3.27. The molecule has 1 aliphatic rings. The van der Waals surface area contributed by atoms with Crippen LogP contribution in [0.2, 0.25) is 0 Å². The molecule has 98 valence electrons. The van der Waals surface area contributed by atoms with Crippen molar-refractivity contribution in [3.05, 3.63) is 22.2 Å². The maximum atomic E-state index is 11.7. The van der Waals surface area contributed by atoms with Crippen LogP contribution in [0.4, 0.5) is 0 Å². The standard InChI is InChI=1S/C14H17BrO3/c1-8-9(4-6-11(8)16)10-5-7-12(17-2)13(15)14(10)18-3/h5,7-9H,4,6H2,1-3H3. The fourth-order valence-electron chi connectivity index (χ4n) is 2.63. The Hall–Kier alpha value is -1.03. The van der Waals surface area contributed by atoms with E-state index in [4.69, 9.17) is 9.47 Å². The van der Waals surface area contributed by atoms with E-state index >= 15 is 0 Å². The Bertz CT molecular complexity index is 470. The van der Waals surface area contributed by atoms with Gasteiger partial charge in [-0.1, -0.05) is 13.0 Å². The molecule has 0 saturated heterocycles. The number of hydrogen-bond donors (Lipinski definition) is 0. The number of ketones is 1. The molecule has 0 spiro atoms. The van der Waals surface area contributed by atoms with E-state index in [0.29, 0.717) is 12.2 Å². The Morgan fingerprint density at radius 3 is 2.50 bits per heavy atom. The summed E-state index contributed by atoms with van der Waals surface area (Å²) in [5.74, 6) is 2.18. The summed E-state index contributed by atoms with van der Waals surface area (Å²) in [6.07, 6.45) is 1.56. The topological polar surface area (TPSA) is 35.5 Å². The van der Waals surface area contributed by atoms with Gasteiger partial charge in [-0.3, -0.25) is 4.79 Å². The minimum absolute atomic E-state index is 0.0687. The molecule has 18 heavy (non-hydrogen) atoms. The zero-order valence-corrected chi connectivity index (χ0v) is 12.4. The Morgan fingerprint density at radius 1 is 1.28 bits per heavy atom. The van der Waals surface area contributed by atoms with Gasteiger partial charge in [0.2, 0.25) is 0 Å². The lowest BCUT2D eigenvalue weighted by Crippen LogP contribution is -2.10. The molecule has 0 aliphatic heterocycles. The molecule has 2 unspecified atom stereocenters. The summed E-state index contributed by atoms with van der Waals surface area (Å²) in [4.78, 5) is 11.7. The SMILES string of the molecule is COc1ccc(C2CCC(=O)C2C)c(OC)c1Br. The molecule has 1 fully saturated rings. The maximum absolute atomic E-state index is 11.7. The molecular weight excluding hydrogens is 296 g/mol. The number of methoxy groups -OCH3 is 2. The Balaban J connectivity index is 2.45. The molecule has 1 aromatic carbocycles. The van der Waals surface area contributed by atoms with Gasteiger partial charge in [0.25, 0.3) is 0 Å². The van der Waals surface area contributed by atoms with Gasteiger partial charge in [0.05, 0.1) is 14.2 Å². The first kappa shape index (κ1) is 13.4. The highest BCUT2D eigenvalue weighted by Crippen LogP contribution is 2.46. The second-order valence-corrected chi connectivity index (χ2v) is 5.40. The van der Waals surface area contributed by atoms with Crippen LogP contribution >= 0.6 is 15.9 Å². The fourth-order valence-corrected chi connectivity index (χ4v) is 3.32. The van der Waals surface area contributed by atoms with Crippen molar-refractivity contribution in [1.29, 1.82) is 0 Å². The first-order valence-electron chi connectivity index (χ1n) is 6.03. The van der Waals surface area contributed by atoms with Crippen LogP contribution in [0.25, 0.3) is 0 Å². The summed E-state index contributed by atoms with van der Waals surface area (Å²) in [5.41, 5.74) is 1.09. The minimum Gasteiger partial charge on any atom is -0.495 e. The van der Waals surface area contributed by atoms with Gasteiger partial charge in [0.1, 0.15) is 21.8 Å². The molecule has 2 rings (SSSR count). The third-order valence-corrected chi connectivity index (χ3v) is 4.48. The van der Waals surface area contributed by atoms with Crippen molar-refractivity contribution in [2.24, 2.45) is 5.92 Å². The number of Topliss-reactive ketones (excluding diaryl/α,β-unsaturated/α-hetero) is 1. The van der Waals surface area contributed by atoms with Crippen molar-refractivity contribution < 1.29 is 14.3 Å². The number of ether oxygens (including phenoxy) is 2. The van der Waals surface area contributed by atoms with Gasteiger partial charge in [-0.15, -0.1) is 0 Å². The van der Waals surface area contributed by atoms with Crippen LogP contribution in [0.5, 0.6) is 11.5 Å². The predicted octanol–water partition coefficient (Wildman–Crippen LogP) is 3.55. The van der Waals surface area contributed by atoms with Gasteiger partial charge in [-0.25, -0.2) is 0 Å². The van der Waals surface area contributed by atoms with Gasteiger partial charge >= 0.3 is 0 Å². The van der Waals surface area contributed by atoms with Crippen LogP contribution in [-0.2, 0) is 4.79 Å². The average molecular weight is 313 g/mol. The van der Waals surface area contributed by atoms with E-state index in [1.165, 1.54) is 0 Å². The van der Waals surface area contributed by atoms with Gasteiger partial charge in [-0.2, -0.15) is 0 Å². The molecule has 2 atom stereocenters. The molecule has 0 radical (unpaired) electrons. The van der Waals surface area contributed by atoms with Crippen molar-refractivity contribution in [2.75, 3.05) is 14.2 Å². The quantitative estimate of drug-likeness (QED) is 0.856. The molecule has 0 amide bonds. The zero-order chi connectivity index (χ0) is 13.3. The molecule has 3 nitrogen and oxygen atoms in total. The van der Waals surface area contributed by atoms with Gasteiger partial charge < -0.3 is 9.47 Å². The Labute approximate surface area is 116 Å². The second-order valence-electron chi connectivity index (χ2n) is 4.60. The van der Waals surface area contributed by atoms with Crippen molar-refractivity contribution in [2.45, 2.75) is 25.7 Å². The number of carbonyl (C=O) groups is 1. The van der Waals surface area contributed by atoms with Crippen LogP contribution < -0.4 is 9.47 Å². The number of benzene rings is 1. The van der Waals surface area contributed by atoms with E-state index in [-0.39, 0.29) is 11.8 Å². The summed E-state index contributed by atoms with van der Waals surface area (Å²) >= 11 is 3.50. The maximum Gasteiger partial charge on any atom is 0.140 e. The lowest BCUT2D eigenvalue weighted by Gasteiger charge is -2.20. The summed E-state index contributed by atoms with van der Waals surface area (Å²) in [5, 5.41) is 0. The van der Waals surface area contributed by atoms with E-state index in [2.05, 4.69) is 15.9 Å². The molecule has 0 aromatic heterocycles. The Morgan fingerprint density at radius 2 is 2.00 bits per heavy atom. The highest BCUT2D eigenvalue weighted by molar-refractivity contribution is 9.10. The highest BCUT2D eigenvalue weighted by atomic mass is 79.9. The molecule has 0 heterocycles. The molecule has 1 aromatic rings.